The Morgan fingerprint density at radius 1 is 1.00 bits per heavy atom. The molecule has 0 aliphatic carbocycles. The van der Waals surface area contributed by atoms with E-state index in [1.54, 1.807) is 18.2 Å². The third-order valence-electron chi connectivity index (χ3n) is 4.71. The van der Waals surface area contributed by atoms with E-state index in [0.717, 1.165) is 30.8 Å². The summed E-state index contributed by atoms with van der Waals surface area (Å²) in [4.78, 5) is 14.6. The van der Waals surface area contributed by atoms with Crippen LogP contribution in [-0.2, 0) is 17.9 Å². The zero-order valence-electron chi connectivity index (χ0n) is 15.0. The lowest BCUT2D eigenvalue weighted by Gasteiger charge is -2.27. The summed E-state index contributed by atoms with van der Waals surface area (Å²) in [5.74, 6) is -0.431. The molecule has 0 bridgehead atoms. The lowest BCUT2D eigenvalue weighted by molar-refractivity contribution is -0.116. The van der Waals surface area contributed by atoms with Crippen LogP contribution in [0.4, 0.5) is 4.39 Å². The normalized spacial score (nSPS) is 15.3. The minimum absolute atomic E-state index is 0.151. The largest absolute Gasteiger partial charge is 0.348 e. The van der Waals surface area contributed by atoms with E-state index < -0.39 is 0 Å². The van der Waals surface area contributed by atoms with E-state index in [1.165, 1.54) is 43.0 Å². The van der Waals surface area contributed by atoms with Crippen LogP contribution in [0.15, 0.2) is 54.6 Å². The molecule has 2 aromatic rings. The van der Waals surface area contributed by atoms with E-state index in [1.807, 2.05) is 6.07 Å². The lowest BCUT2D eigenvalue weighted by atomic mass is 10.0. The molecule has 0 saturated carbocycles. The number of nitrogens with zero attached hydrogens (tertiary/aromatic N) is 1. The van der Waals surface area contributed by atoms with Gasteiger partial charge in [0.05, 0.1) is 0 Å². The fourth-order valence-corrected chi connectivity index (χ4v) is 3.23. The molecule has 26 heavy (non-hydrogen) atoms. The number of amides is 1. The molecule has 0 atom stereocenters. The highest BCUT2D eigenvalue weighted by molar-refractivity contribution is 5.91. The smallest absolute Gasteiger partial charge is 0.244 e. The first kappa shape index (κ1) is 18.3. The summed E-state index contributed by atoms with van der Waals surface area (Å²) >= 11 is 0. The van der Waals surface area contributed by atoms with E-state index in [2.05, 4.69) is 28.4 Å². The molecule has 1 aliphatic rings. The van der Waals surface area contributed by atoms with Crippen molar-refractivity contribution in [3.05, 3.63) is 77.1 Å². The molecule has 1 amide bonds. The van der Waals surface area contributed by atoms with Gasteiger partial charge >= 0.3 is 0 Å². The maximum Gasteiger partial charge on any atom is 0.244 e. The Kier molecular flexibility index (Phi) is 6.56. The molecule has 0 spiro atoms. The van der Waals surface area contributed by atoms with Crippen LogP contribution < -0.4 is 5.32 Å². The molecular weight excluding hydrogens is 327 g/mol. The lowest BCUT2D eigenvalue weighted by Crippen LogP contribution is -2.30. The van der Waals surface area contributed by atoms with Gasteiger partial charge in [-0.2, -0.15) is 0 Å². The summed E-state index contributed by atoms with van der Waals surface area (Å²) < 4.78 is 12.9. The first-order chi connectivity index (χ1) is 12.7. The van der Waals surface area contributed by atoms with E-state index >= 15 is 0 Å². The zero-order valence-corrected chi connectivity index (χ0v) is 15.0. The maximum absolute atomic E-state index is 12.9. The number of nitrogens with one attached hydrogen (secondary N) is 1. The summed E-state index contributed by atoms with van der Waals surface area (Å²) in [5, 5.41) is 2.94. The van der Waals surface area contributed by atoms with Gasteiger partial charge in [-0.15, -0.1) is 0 Å². The number of halogens is 1. The second-order valence-corrected chi connectivity index (χ2v) is 6.71. The molecule has 2 aromatic carbocycles. The van der Waals surface area contributed by atoms with Crippen molar-refractivity contribution < 1.29 is 9.18 Å². The minimum Gasteiger partial charge on any atom is -0.348 e. The molecule has 1 saturated heterocycles. The van der Waals surface area contributed by atoms with E-state index in [4.69, 9.17) is 0 Å². The van der Waals surface area contributed by atoms with Crippen molar-refractivity contribution in [1.29, 1.82) is 0 Å². The number of hydrogen-bond acceptors (Lipinski definition) is 2. The van der Waals surface area contributed by atoms with Crippen LogP contribution in [0.2, 0.25) is 0 Å². The van der Waals surface area contributed by atoms with Crippen LogP contribution in [0.3, 0.4) is 0 Å². The highest BCUT2D eigenvalue weighted by Crippen LogP contribution is 2.16. The van der Waals surface area contributed by atoms with Crippen molar-refractivity contribution in [3.63, 3.8) is 0 Å². The van der Waals surface area contributed by atoms with Gasteiger partial charge in [0, 0.05) is 19.2 Å². The van der Waals surface area contributed by atoms with E-state index in [9.17, 15) is 9.18 Å². The minimum atomic E-state index is -0.281. The highest BCUT2D eigenvalue weighted by Gasteiger charge is 2.12. The van der Waals surface area contributed by atoms with Crippen molar-refractivity contribution in [2.45, 2.75) is 32.4 Å². The molecule has 0 radical (unpaired) electrons. The molecule has 136 valence electrons. The SMILES string of the molecule is O=C(/C=C/c1ccc(F)cc1)NCc1ccccc1CN1CCCCC1. The average molecular weight is 352 g/mol. The first-order valence-corrected chi connectivity index (χ1v) is 9.21. The van der Waals surface area contributed by atoms with Crippen molar-refractivity contribution in [3.8, 4) is 0 Å². The van der Waals surface area contributed by atoms with Gasteiger partial charge in [-0.25, -0.2) is 4.39 Å². The molecule has 1 heterocycles. The van der Waals surface area contributed by atoms with Gasteiger partial charge < -0.3 is 5.32 Å². The fourth-order valence-electron chi connectivity index (χ4n) is 3.23. The van der Waals surface area contributed by atoms with Gasteiger partial charge in [-0.1, -0.05) is 42.8 Å². The Morgan fingerprint density at radius 3 is 2.42 bits per heavy atom. The summed E-state index contributed by atoms with van der Waals surface area (Å²) in [5.41, 5.74) is 3.23. The van der Waals surface area contributed by atoms with Crippen molar-refractivity contribution in [1.82, 2.24) is 10.2 Å². The fraction of sp³-hybridized carbons (Fsp3) is 0.318. The number of hydrogen-bond donors (Lipinski definition) is 1. The molecule has 0 unspecified atom stereocenters. The summed E-state index contributed by atoms with van der Waals surface area (Å²) in [7, 11) is 0. The molecule has 4 heteroatoms. The van der Waals surface area contributed by atoms with E-state index in [0.29, 0.717) is 6.54 Å². The number of benzene rings is 2. The van der Waals surface area contributed by atoms with Crippen molar-refractivity contribution in [2.24, 2.45) is 0 Å². The molecular formula is C22H25FN2O. The van der Waals surface area contributed by atoms with Crippen molar-refractivity contribution >= 4 is 12.0 Å². The highest BCUT2D eigenvalue weighted by atomic mass is 19.1. The summed E-state index contributed by atoms with van der Waals surface area (Å²) in [6.07, 6.45) is 7.05. The van der Waals surface area contributed by atoms with E-state index in [-0.39, 0.29) is 11.7 Å². The predicted molar refractivity (Wildman–Crippen MR) is 103 cm³/mol. The van der Waals surface area contributed by atoms with Crippen molar-refractivity contribution in [2.75, 3.05) is 13.1 Å². The van der Waals surface area contributed by atoms with Crippen LogP contribution in [0.1, 0.15) is 36.0 Å². The van der Waals surface area contributed by atoms with Gasteiger partial charge in [0.15, 0.2) is 0 Å². The predicted octanol–water partition coefficient (Wildman–Crippen LogP) is 4.14. The first-order valence-electron chi connectivity index (χ1n) is 9.21. The molecule has 3 nitrogen and oxygen atoms in total. The third-order valence-corrected chi connectivity index (χ3v) is 4.71. The Bertz CT molecular complexity index is 749. The Morgan fingerprint density at radius 2 is 1.69 bits per heavy atom. The second-order valence-electron chi connectivity index (χ2n) is 6.71. The Balaban J connectivity index is 1.55. The van der Waals surface area contributed by atoms with Crippen LogP contribution >= 0.6 is 0 Å². The van der Waals surface area contributed by atoms with Gasteiger partial charge in [0.1, 0.15) is 5.82 Å². The number of piperidine rings is 1. The second kappa shape index (κ2) is 9.30. The van der Waals surface area contributed by atoms with Crippen LogP contribution in [-0.4, -0.2) is 23.9 Å². The molecule has 1 N–H and O–H groups in total. The molecule has 0 aromatic heterocycles. The Labute approximate surface area is 154 Å². The van der Waals surface area contributed by atoms with Gasteiger partial charge in [-0.3, -0.25) is 9.69 Å². The van der Waals surface area contributed by atoms with Gasteiger partial charge in [0.2, 0.25) is 5.91 Å². The van der Waals surface area contributed by atoms with Gasteiger partial charge in [0.25, 0.3) is 0 Å². The number of carbonyl (C=O) groups excluding carboxylic acids is 1. The van der Waals surface area contributed by atoms with Crippen LogP contribution in [0.5, 0.6) is 0 Å². The summed E-state index contributed by atoms with van der Waals surface area (Å²) in [6.45, 7) is 3.76. The topological polar surface area (TPSA) is 32.3 Å². The number of rotatable bonds is 6. The average Bonchev–Trinajstić information content (AvgIpc) is 2.68. The van der Waals surface area contributed by atoms with Crippen LogP contribution in [0, 0.1) is 5.82 Å². The molecule has 1 fully saturated rings. The molecule has 3 rings (SSSR count). The van der Waals surface area contributed by atoms with Crippen LogP contribution in [0.25, 0.3) is 6.08 Å². The Hall–Kier alpha value is -2.46. The number of likely N-dealkylation sites (tertiary alicyclic amines) is 1. The zero-order chi connectivity index (χ0) is 18.2. The standard InChI is InChI=1S/C22H25FN2O/c23-21-11-8-18(9-12-21)10-13-22(26)24-16-19-6-2-3-7-20(19)17-25-14-4-1-5-15-25/h2-3,6-13H,1,4-5,14-17H2,(H,24,26)/b13-10+. The number of carbonyl (C=O) groups is 1. The summed E-state index contributed by atoms with van der Waals surface area (Å²) in [6, 6.07) is 14.3. The molecule has 1 aliphatic heterocycles. The monoisotopic (exact) mass is 352 g/mol. The maximum atomic E-state index is 12.9. The third kappa shape index (κ3) is 5.53. The quantitative estimate of drug-likeness (QED) is 0.793. The van der Waals surface area contributed by atoms with Gasteiger partial charge in [-0.05, 0) is 60.8 Å².